The molecule has 1 aliphatic heterocycles. The number of sulfonamides is 1. The van der Waals surface area contributed by atoms with E-state index in [4.69, 9.17) is 10.00 Å². The second-order valence-electron chi connectivity index (χ2n) is 7.41. The van der Waals surface area contributed by atoms with Gasteiger partial charge in [0.25, 0.3) is 0 Å². The van der Waals surface area contributed by atoms with E-state index in [9.17, 15) is 13.2 Å². The van der Waals surface area contributed by atoms with Crippen molar-refractivity contribution in [1.29, 1.82) is 5.26 Å². The maximum absolute atomic E-state index is 12.9. The van der Waals surface area contributed by atoms with Crippen molar-refractivity contribution in [2.24, 2.45) is 0 Å². The minimum atomic E-state index is -3.88. The van der Waals surface area contributed by atoms with E-state index in [2.05, 4.69) is 10.8 Å². The molecule has 8 heteroatoms. The van der Waals surface area contributed by atoms with Crippen LogP contribution in [0.25, 0.3) is 10.8 Å². The summed E-state index contributed by atoms with van der Waals surface area (Å²) in [5.41, 5.74) is 1.36. The molecule has 0 spiro atoms. The Hall–Kier alpha value is -3.41. The molecule has 1 saturated heterocycles. The van der Waals surface area contributed by atoms with Gasteiger partial charge in [0.2, 0.25) is 15.9 Å². The molecule has 1 atom stereocenters. The van der Waals surface area contributed by atoms with Gasteiger partial charge in [0.1, 0.15) is 11.8 Å². The van der Waals surface area contributed by atoms with Gasteiger partial charge in [-0.2, -0.15) is 9.98 Å². The lowest BCUT2D eigenvalue weighted by molar-refractivity contribution is -0.129. The smallest absolute Gasteiger partial charge is 0.241 e. The van der Waals surface area contributed by atoms with E-state index in [1.54, 1.807) is 48.4 Å². The Bertz CT molecular complexity index is 1300. The standard InChI is InChI=1S/C23H21N3O4S/c1-30-20-7-5-18-6-8-21(13-19(18)12-20)31(28,29)25-22-9-10-26(23(22)27)15-17-4-2-3-16(11-17)14-24/h2-8,11-13,22,25H,9-10,15H2,1H3/t22-/m1/s1. The van der Waals surface area contributed by atoms with Crippen LogP contribution in [-0.4, -0.2) is 38.9 Å². The third-order valence-electron chi connectivity index (χ3n) is 5.35. The summed E-state index contributed by atoms with van der Waals surface area (Å²) in [7, 11) is -2.32. The first-order valence-corrected chi connectivity index (χ1v) is 11.3. The second kappa shape index (κ2) is 8.38. The van der Waals surface area contributed by atoms with Crippen molar-refractivity contribution in [3.8, 4) is 11.8 Å². The molecule has 1 aliphatic rings. The lowest BCUT2D eigenvalue weighted by Crippen LogP contribution is -2.41. The number of likely N-dealkylation sites (tertiary alicyclic amines) is 1. The zero-order valence-electron chi connectivity index (χ0n) is 16.9. The number of nitrogens with one attached hydrogen (secondary N) is 1. The average Bonchev–Trinajstić information content (AvgIpc) is 3.11. The van der Waals surface area contributed by atoms with E-state index in [0.29, 0.717) is 30.8 Å². The number of methoxy groups -OCH3 is 1. The van der Waals surface area contributed by atoms with Gasteiger partial charge in [0, 0.05) is 13.1 Å². The van der Waals surface area contributed by atoms with Gasteiger partial charge in [-0.15, -0.1) is 0 Å². The molecule has 1 N–H and O–H groups in total. The molecule has 1 fully saturated rings. The molecular weight excluding hydrogens is 414 g/mol. The molecule has 3 aromatic carbocycles. The quantitative estimate of drug-likeness (QED) is 0.642. The average molecular weight is 436 g/mol. The third-order valence-corrected chi connectivity index (χ3v) is 6.82. The van der Waals surface area contributed by atoms with Gasteiger partial charge in [-0.25, -0.2) is 8.42 Å². The minimum absolute atomic E-state index is 0.0984. The van der Waals surface area contributed by atoms with Crippen LogP contribution in [0.4, 0.5) is 0 Å². The molecule has 0 radical (unpaired) electrons. The van der Waals surface area contributed by atoms with Crippen LogP contribution in [0.5, 0.6) is 5.75 Å². The number of hydrogen-bond donors (Lipinski definition) is 1. The van der Waals surface area contributed by atoms with Crippen LogP contribution in [-0.2, 0) is 21.4 Å². The summed E-state index contributed by atoms with van der Waals surface area (Å²) in [6.07, 6.45) is 0.386. The van der Waals surface area contributed by atoms with E-state index < -0.39 is 16.1 Å². The van der Waals surface area contributed by atoms with E-state index in [1.165, 1.54) is 6.07 Å². The molecule has 0 unspecified atom stereocenters. The van der Waals surface area contributed by atoms with Gasteiger partial charge in [0.05, 0.1) is 23.6 Å². The highest BCUT2D eigenvalue weighted by Crippen LogP contribution is 2.25. The van der Waals surface area contributed by atoms with E-state index >= 15 is 0 Å². The van der Waals surface area contributed by atoms with Crippen LogP contribution < -0.4 is 9.46 Å². The molecule has 1 amide bonds. The Labute approximate surface area is 180 Å². The van der Waals surface area contributed by atoms with Crippen molar-refractivity contribution in [3.63, 3.8) is 0 Å². The van der Waals surface area contributed by atoms with Gasteiger partial charge < -0.3 is 9.64 Å². The number of rotatable bonds is 6. The Morgan fingerprint density at radius 1 is 1.13 bits per heavy atom. The number of fused-ring (bicyclic) bond motifs is 1. The number of carbonyl (C=O) groups excluding carboxylic acids is 1. The second-order valence-corrected chi connectivity index (χ2v) is 9.12. The van der Waals surface area contributed by atoms with E-state index in [-0.39, 0.29) is 10.8 Å². The van der Waals surface area contributed by atoms with Gasteiger partial charge in [0.15, 0.2) is 0 Å². The molecule has 31 heavy (non-hydrogen) atoms. The third kappa shape index (κ3) is 4.38. The van der Waals surface area contributed by atoms with Gasteiger partial charge in [-0.1, -0.05) is 24.3 Å². The Morgan fingerprint density at radius 3 is 2.71 bits per heavy atom. The minimum Gasteiger partial charge on any atom is -0.497 e. The van der Waals surface area contributed by atoms with Crippen LogP contribution in [0.1, 0.15) is 17.5 Å². The summed E-state index contributed by atoms with van der Waals surface area (Å²) in [6.45, 7) is 0.778. The normalized spacial score (nSPS) is 16.5. The number of hydrogen-bond acceptors (Lipinski definition) is 5. The first-order chi connectivity index (χ1) is 14.9. The zero-order valence-corrected chi connectivity index (χ0v) is 17.7. The lowest BCUT2D eigenvalue weighted by atomic mass is 10.1. The van der Waals surface area contributed by atoms with Gasteiger partial charge in [-0.3, -0.25) is 4.79 Å². The molecule has 0 aromatic heterocycles. The number of nitriles is 1. The van der Waals surface area contributed by atoms with E-state index in [1.807, 2.05) is 18.2 Å². The largest absolute Gasteiger partial charge is 0.497 e. The number of carbonyl (C=O) groups is 1. The number of amides is 1. The highest BCUT2D eigenvalue weighted by atomic mass is 32.2. The molecule has 0 saturated carbocycles. The summed E-state index contributed by atoms with van der Waals surface area (Å²) in [4.78, 5) is 14.5. The topological polar surface area (TPSA) is 99.5 Å². The summed E-state index contributed by atoms with van der Waals surface area (Å²) in [5, 5.41) is 10.7. The highest BCUT2D eigenvalue weighted by Gasteiger charge is 2.35. The number of ether oxygens (including phenoxy) is 1. The monoisotopic (exact) mass is 435 g/mol. The van der Waals surface area contributed by atoms with E-state index in [0.717, 1.165) is 16.3 Å². The van der Waals surface area contributed by atoms with Crippen molar-refractivity contribution in [2.75, 3.05) is 13.7 Å². The lowest BCUT2D eigenvalue weighted by Gasteiger charge is -2.17. The Morgan fingerprint density at radius 2 is 1.94 bits per heavy atom. The molecule has 3 aromatic rings. The molecule has 0 bridgehead atoms. The van der Waals surface area contributed by atoms with Crippen LogP contribution in [0.15, 0.2) is 65.6 Å². The van der Waals surface area contributed by atoms with Crippen LogP contribution in [0, 0.1) is 11.3 Å². The van der Waals surface area contributed by atoms with Crippen molar-refractivity contribution >= 4 is 26.7 Å². The Balaban J connectivity index is 1.50. The van der Waals surface area contributed by atoms with Gasteiger partial charge in [-0.05, 0) is 59.2 Å². The van der Waals surface area contributed by atoms with Crippen LogP contribution in [0.2, 0.25) is 0 Å². The highest BCUT2D eigenvalue weighted by molar-refractivity contribution is 7.89. The zero-order chi connectivity index (χ0) is 22.0. The molecule has 1 heterocycles. The fraction of sp³-hybridized carbons (Fsp3) is 0.217. The summed E-state index contributed by atoms with van der Waals surface area (Å²) in [5.74, 6) is 0.366. The fourth-order valence-corrected chi connectivity index (χ4v) is 4.98. The molecule has 0 aliphatic carbocycles. The van der Waals surface area contributed by atoms with Crippen LogP contribution >= 0.6 is 0 Å². The summed E-state index contributed by atoms with van der Waals surface area (Å²) in [6, 6.07) is 18.6. The molecule has 158 valence electrons. The fourth-order valence-electron chi connectivity index (χ4n) is 3.72. The Kier molecular flexibility index (Phi) is 5.63. The SMILES string of the molecule is COc1ccc2ccc(S(=O)(=O)N[C@@H]3CCN(Cc4cccc(C#N)c4)C3=O)cc2c1. The van der Waals surface area contributed by atoms with Gasteiger partial charge >= 0.3 is 0 Å². The predicted octanol–water partition coefficient (Wildman–Crippen LogP) is 2.80. The molecule has 4 rings (SSSR count). The maximum atomic E-state index is 12.9. The first-order valence-electron chi connectivity index (χ1n) is 9.77. The van der Waals surface area contributed by atoms with Crippen molar-refractivity contribution in [1.82, 2.24) is 9.62 Å². The maximum Gasteiger partial charge on any atom is 0.241 e. The molecular formula is C23H21N3O4S. The van der Waals surface area contributed by atoms with Crippen molar-refractivity contribution in [2.45, 2.75) is 23.9 Å². The van der Waals surface area contributed by atoms with Crippen molar-refractivity contribution < 1.29 is 17.9 Å². The number of nitrogens with zero attached hydrogens (tertiary/aromatic N) is 2. The summed E-state index contributed by atoms with van der Waals surface area (Å²) >= 11 is 0. The molecule has 7 nitrogen and oxygen atoms in total. The van der Waals surface area contributed by atoms with Crippen molar-refractivity contribution in [3.05, 3.63) is 71.8 Å². The number of benzene rings is 3. The predicted molar refractivity (Wildman–Crippen MR) is 116 cm³/mol. The first kappa shape index (κ1) is 20.8. The van der Waals surface area contributed by atoms with Crippen LogP contribution in [0.3, 0.4) is 0 Å². The summed E-state index contributed by atoms with van der Waals surface area (Å²) < 4.78 is 33.6.